The lowest BCUT2D eigenvalue weighted by Crippen LogP contribution is -2.38. The summed E-state index contributed by atoms with van der Waals surface area (Å²) in [5, 5.41) is 3.00. The third kappa shape index (κ3) is 4.94. The first-order valence-corrected chi connectivity index (χ1v) is 8.76. The number of carbonyl (C=O) groups excluding carboxylic acids is 1. The van der Waals surface area contributed by atoms with Gasteiger partial charge in [-0.3, -0.25) is 9.69 Å². The molecule has 0 atom stereocenters. The average Bonchev–Trinajstić information content (AvgIpc) is 2.62. The number of hydrogen-bond donors (Lipinski definition) is 1. The number of carbonyl (C=O) groups is 1. The van der Waals surface area contributed by atoms with Crippen molar-refractivity contribution in [2.75, 3.05) is 56.2 Å². The van der Waals surface area contributed by atoms with Gasteiger partial charge in [-0.05, 0) is 43.5 Å². The number of benzene rings is 1. The molecule has 5 nitrogen and oxygen atoms in total. The number of rotatable bonds is 5. The molecule has 2 heterocycles. The van der Waals surface area contributed by atoms with Gasteiger partial charge in [-0.1, -0.05) is 0 Å². The molecule has 1 amide bonds. The summed E-state index contributed by atoms with van der Waals surface area (Å²) in [6.45, 7) is 6.51. The lowest BCUT2D eigenvalue weighted by molar-refractivity contribution is -0.116. The van der Waals surface area contributed by atoms with Crippen LogP contribution in [0, 0.1) is 0 Å². The molecule has 126 valence electrons. The summed E-state index contributed by atoms with van der Waals surface area (Å²) in [6, 6.07) is 8.25. The number of amides is 1. The Kier molecular flexibility index (Phi) is 5.88. The Labute approximate surface area is 138 Å². The van der Waals surface area contributed by atoms with Crippen LogP contribution in [0.15, 0.2) is 24.3 Å². The summed E-state index contributed by atoms with van der Waals surface area (Å²) < 4.78 is 5.32. The van der Waals surface area contributed by atoms with Crippen LogP contribution in [-0.4, -0.2) is 56.7 Å². The van der Waals surface area contributed by atoms with Crippen LogP contribution in [0.1, 0.15) is 25.7 Å². The average molecular weight is 317 g/mol. The molecule has 1 aromatic carbocycles. The van der Waals surface area contributed by atoms with E-state index >= 15 is 0 Å². The van der Waals surface area contributed by atoms with E-state index in [0.717, 1.165) is 51.6 Å². The van der Waals surface area contributed by atoms with Gasteiger partial charge in [-0.15, -0.1) is 0 Å². The first kappa shape index (κ1) is 16.3. The van der Waals surface area contributed by atoms with Gasteiger partial charge in [-0.2, -0.15) is 0 Å². The highest BCUT2D eigenvalue weighted by Gasteiger charge is 2.13. The smallest absolute Gasteiger partial charge is 0.225 e. The molecular weight excluding hydrogens is 290 g/mol. The van der Waals surface area contributed by atoms with Gasteiger partial charge in [0, 0.05) is 50.5 Å². The fourth-order valence-electron chi connectivity index (χ4n) is 3.22. The summed E-state index contributed by atoms with van der Waals surface area (Å²) in [6.07, 6.45) is 4.43. The van der Waals surface area contributed by atoms with E-state index in [0.29, 0.717) is 6.42 Å². The molecule has 0 spiro atoms. The Morgan fingerprint density at radius 3 is 2.39 bits per heavy atom. The van der Waals surface area contributed by atoms with Crippen molar-refractivity contribution in [2.24, 2.45) is 0 Å². The zero-order valence-electron chi connectivity index (χ0n) is 13.8. The number of anilines is 2. The van der Waals surface area contributed by atoms with Crippen molar-refractivity contribution in [1.29, 1.82) is 0 Å². The van der Waals surface area contributed by atoms with Crippen LogP contribution in [-0.2, 0) is 9.53 Å². The van der Waals surface area contributed by atoms with Crippen molar-refractivity contribution in [3.05, 3.63) is 24.3 Å². The molecule has 2 aliphatic heterocycles. The van der Waals surface area contributed by atoms with Crippen molar-refractivity contribution in [3.63, 3.8) is 0 Å². The summed E-state index contributed by atoms with van der Waals surface area (Å²) in [5.74, 6) is 0.0854. The first-order valence-electron chi connectivity index (χ1n) is 8.76. The van der Waals surface area contributed by atoms with Crippen LogP contribution >= 0.6 is 0 Å². The minimum Gasteiger partial charge on any atom is -0.379 e. The second kappa shape index (κ2) is 8.31. The molecule has 2 fully saturated rings. The van der Waals surface area contributed by atoms with Gasteiger partial charge in [0.1, 0.15) is 0 Å². The maximum Gasteiger partial charge on any atom is 0.225 e. The van der Waals surface area contributed by atoms with Crippen molar-refractivity contribution < 1.29 is 9.53 Å². The predicted octanol–water partition coefficient (Wildman–Crippen LogP) is 2.34. The Morgan fingerprint density at radius 2 is 1.70 bits per heavy atom. The molecular formula is C18H27N3O2. The van der Waals surface area contributed by atoms with Crippen LogP contribution < -0.4 is 10.2 Å². The lowest BCUT2D eigenvalue weighted by Gasteiger charge is -2.29. The quantitative estimate of drug-likeness (QED) is 0.905. The topological polar surface area (TPSA) is 44.8 Å². The summed E-state index contributed by atoms with van der Waals surface area (Å²) in [4.78, 5) is 16.8. The zero-order valence-corrected chi connectivity index (χ0v) is 13.8. The Balaban J connectivity index is 1.44. The largest absolute Gasteiger partial charge is 0.379 e. The van der Waals surface area contributed by atoms with Crippen LogP contribution in [0.3, 0.4) is 0 Å². The molecule has 0 saturated carbocycles. The van der Waals surface area contributed by atoms with Gasteiger partial charge in [0.15, 0.2) is 0 Å². The second-order valence-corrected chi connectivity index (χ2v) is 6.35. The molecule has 2 saturated heterocycles. The van der Waals surface area contributed by atoms with Crippen molar-refractivity contribution in [3.8, 4) is 0 Å². The Bertz CT molecular complexity index is 491. The van der Waals surface area contributed by atoms with Crippen LogP contribution in [0.5, 0.6) is 0 Å². The highest BCUT2D eigenvalue weighted by Crippen LogP contribution is 2.21. The third-order valence-corrected chi connectivity index (χ3v) is 4.63. The van der Waals surface area contributed by atoms with Gasteiger partial charge in [0.05, 0.1) is 13.2 Å². The second-order valence-electron chi connectivity index (χ2n) is 6.35. The van der Waals surface area contributed by atoms with Gasteiger partial charge in [-0.25, -0.2) is 0 Å². The molecule has 1 aromatic rings. The standard InChI is InChI=1S/C18H27N3O2/c22-18(8-11-20-12-14-23-15-13-20)19-16-4-6-17(7-5-16)21-9-2-1-3-10-21/h4-7H,1-3,8-15H2,(H,19,22). The molecule has 2 aliphatic rings. The number of ether oxygens (including phenoxy) is 1. The Hall–Kier alpha value is -1.59. The molecule has 0 aromatic heterocycles. The summed E-state index contributed by atoms with van der Waals surface area (Å²) in [5.41, 5.74) is 2.15. The molecule has 0 bridgehead atoms. The van der Waals surface area contributed by atoms with E-state index in [1.165, 1.54) is 24.9 Å². The molecule has 0 radical (unpaired) electrons. The fraction of sp³-hybridized carbons (Fsp3) is 0.611. The van der Waals surface area contributed by atoms with Crippen molar-refractivity contribution in [2.45, 2.75) is 25.7 Å². The molecule has 3 rings (SSSR count). The maximum atomic E-state index is 12.1. The third-order valence-electron chi connectivity index (χ3n) is 4.63. The van der Waals surface area contributed by atoms with Crippen molar-refractivity contribution >= 4 is 17.3 Å². The summed E-state index contributed by atoms with van der Waals surface area (Å²) in [7, 11) is 0. The highest BCUT2D eigenvalue weighted by molar-refractivity contribution is 5.91. The van der Waals surface area contributed by atoms with Crippen molar-refractivity contribution in [1.82, 2.24) is 4.90 Å². The maximum absolute atomic E-state index is 12.1. The number of piperidine rings is 1. The lowest BCUT2D eigenvalue weighted by atomic mass is 10.1. The zero-order chi connectivity index (χ0) is 15.9. The highest BCUT2D eigenvalue weighted by atomic mass is 16.5. The molecule has 1 N–H and O–H groups in total. The number of nitrogens with one attached hydrogen (secondary N) is 1. The number of nitrogens with zero attached hydrogens (tertiary/aromatic N) is 2. The Morgan fingerprint density at radius 1 is 1.00 bits per heavy atom. The van der Waals surface area contributed by atoms with Gasteiger partial charge < -0.3 is 15.0 Å². The van der Waals surface area contributed by atoms with Gasteiger partial charge in [0.25, 0.3) is 0 Å². The normalized spacial score (nSPS) is 19.6. The van der Waals surface area contributed by atoms with Gasteiger partial charge >= 0.3 is 0 Å². The van der Waals surface area contributed by atoms with E-state index in [2.05, 4.69) is 27.2 Å². The van der Waals surface area contributed by atoms with E-state index in [4.69, 9.17) is 4.74 Å². The molecule has 0 unspecified atom stereocenters. The minimum absolute atomic E-state index is 0.0854. The summed E-state index contributed by atoms with van der Waals surface area (Å²) >= 11 is 0. The predicted molar refractivity (Wildman–Crippen MR) is 93.0 cm³/mol. The first-order chi connectivity index (χ1) is 11.3. The minimum atomic E-state index is 0.0854. The monoisotopic (exact) mass is 317 g/mol. The van der Waals surface area contributed by atoms with E-state index in [-0.39, 0.29) is 5.91 Å². The van der Waals surface area contributed by atoms with Gasteiger partial charge in [0.2, 0.25) is 5.91 Å². The SMILES string of the molecule is O=C(CCN1CCOCC1)Nc1ccc(N2CCCCC2)cc1. The number of hydrogen-bond acceptors (Lipinski definition) is 4. The molecule has 23 heavy (non-hydrogen) atoms. The van der Waals surface area contributed by atoms with Crippen LogP contribution in [0.25, 0.3) is 0 Å². The fourth-order valence-corrected chi connectivity index (χ4v) is 3.22. The van der Waals surface area contributed by atoms with Crippen LogP contribution in [0.2, 0.25) is 0 Å². The van der Waals surface area contributed by atoms with E-state index in [9.17, 15) is 4.79 Å². The van der Waals surface area contributed by atoms with E-state index < -0.39 is 0 Å². The van der Waals surface area contributed by atoms with Crippen LogP contribution in [0.4, 0.5) is 11.4 Å². The molecule has 5 heteroatoms. The van der Waals surface area contributed by atoms with E-state index in [1.807, 2.05) is 12.1 Å². The molecule has 0 aliphatic carbocycles. The van der Waals surface area contributed by atoms with E-state index in [1.54, 1.807) is 0 Å². The number of morpholine rings is 1.